The molecule has 2 rings (SSSR count). The summed E-state index contributed by atoms with van der Waals surface area (Å²) in [6, 6.07) is 9.25. The van der Waals surface area contributed by atoms with Crippen molar-refractivity contribution in [2.45, 2.75) is 59.4 Å². The second-order valence-electron chi connectivity index (χ2n) is 5.27. The topological polar surface area (TPSA) is 24.4 Å². The highest BCUT2D eigenvalue weighted by atomic mass is 15.0. The van der Waals surface area contributed by atoms with Gasteiger partial charge in [0, 0.05) is 18.7 Å². The summed E-state index contributed by atoms with van der Waals surface area (Å²) >= 11 is 0. The van der Waals surface area contributed by atoms with E-state index in [2.05, 4.69) is 54.5 Å². The minimum atomic E-state index is 0.596. The van der Waals surface area contributed by atoms with Gasteiger partial charge in [0.2, 0.25) is 0 Å². The fourth-order valence-corrected chi connectivity index (χ4v) is 2.70. The summed E-state index contributed by atoms with van der Waals surface area (Å²) in [5.41, 5.74) is 3.73. The first-order valence-electron chi connectivity index (χ1n) is 8.21. The maximum absolute atomic E-state index is 4.46. The van der Waals surface area contributed by atoms with E-state index in [0.717, 1.165) is 5.84 Å². The van der Waals surface area contributed by atoms with Crippen molar-refractivity contribution < 1.29 is 0 Å². The summed E-state index contributed by atoms with van der Waals surface area (Å²) in [6.07, 6.45) is 7.36. The number of nitrogens with zero attached hydrogens (tertiary/aromatic N) is 1. The van der Waals surface area contributed by atoms with Gasteiger partial charge >= 0.3 is 0 Å². The lowest BCUT2D eigenvalue weighted by Gasteiger charge is -2.18. The smallest absolute Gasteiger partial charge is 0.128 e. The molecule has 0 heterocycles. The van der Waals surface area contributed by atoms with Crippen LogP contribution in [0.3, 0.4) is 0 Å². The lowest BCUT2D eigenvalue weighted by molar-refractivity contribution is 0.632. The van der Waals surface area contributed by atoms with Crippen molar-refractivity contribution in [3.8, 4) is 0 Å². The Bertz CT molecular complexity index is 463. The van der Waals surface area contributed by atoms with Crippen LogP contribution in [0.5, 0.6) is 0 Å². The molecule has 0 spiro atoms. The molecule has 1 aromatic carbocycles. The van der Waals surface area contributed by atoms with Gasteiger partial charge < -0.3 is 5.32 Å². The summed E-state index contributed by atoms with van der Waals surface area (Å²) in [5.74, 6) is 1.03. The van der Waals surface area contributed by atoms with E-state index < -0.39 is 0 Å². The summed E-state index contributed by atoms with van der Waals surface area (Å²) in [5, 5.41) is 3.61. The molecule has 1 N–H and O–H groups in total. The lowest BCUT2D eigenvalue weighted by atomic mass is 10.0. The predicted molar refractivity (Wildman–Crippen MR) is 94.9 cm³/mol. The molecule has 1 aliphatic rings. The molecule has 2 nitrogen and oxygen atoms in total. The third-order valence-electron chi connectivity index (χ3n) is 3.83. The minimum absolute atomic E-state index is 0.596. The average molecular weight is 286 g/mol. The van der Waals surface area contributed by atoms with E-state index in [9.17, 15) is 0 Å². The van der Waals surface area contributed by atoms with Crippen molar-refractivity contribution in [1.82, 2.24) is 5.32 Å². The Hall–Kier alpha value is -1.57. The number of benzene rings is 1. The SMILES string of the molecule is C/C=C(\C(=NC)NC1CCCC1)c1ccc(C)cc1.CC. The van der Waals surface area contributed by atoms with E-state index in [-0.39, 0.29) is 0 Å². The van der Waals surface area contributed by atoms with E-state index >= 15 is 0 Å². The van der Waals surface area contributed by atoms with Crippen LogP contribution in [0, 0.1) is 6.92 Å². The monoisotopic (exact) mass is 286 g/mol. The predicted octanol–water partition coefficient (Wildman–Crippen LogP) is 4.99. The van der Waals surface area contributed by atoms with Gasteiger partial charge in [0.1, 0.15) is 5.84 Å². The molecule has 0 aliphatic heterocycles. The lowest BCUT2D eigenvalue weighted by Crippen LogP contribution is -2.33. The van der Waals surface area contributed by atoms with Gasteiger partial charge in [-0.1, -0.05) is 62.6 Å². The number of aryl methyl sites for hydroxylation is 1. The fourth-order valence-electron chi connectivity index (χ4n) is 2.70. The molecule has 1 aromatic rings. The van der Waals surface area contributed by atoms with E-state index in [1.165, 1.54) is 42.4 Å². The molecule has 0 aromatic heterocycles. The van der Waals surface area contributed by atoms with Gasteiger partial charge in [-0.25, -0.2) is 0 Å². The van der Waals surface area contributed by atoms with Crippen molar-refractivity contribution in [3.63, 3.8) is 0 Å². The first-order valence-corrected chi connectivity index (χ1v) is 8.21. The van der Waals surface area contributed by atoms with Gasteiger partial charge in [0.25, 0.3) is 0 Å². The fraction of sp³-hybridized carbons (Fsp3) is 0.526. The van der Waals surface area contributed by atoms with Crippen LogP contribution in [0.4, 0.5) is 0 Å². The highest BCUT2D eigenvalue weighted by molar-refractivity contribution is 6.22. The zero-order valence-corrected chi connectivity index (χ0v) is 14.2. The van der Waals surface area contributed by atoms with Gasteiger partial charge in [-0.15, -0.1) is 0 Å². The Balaban J connectivity index is 0.00000106. The number of rotatable bonds is 3. The minimum Gasteiger partial charge on any atom is -0.367 e. The molecule has 0 atom stereocenters. The Morgan fingerprint density at radius 2 is 1.71 bits per heavy atom. The number of allylic oxidation sites excluding steroid dienone is 1. The molecule has 0 radical (unpaired) electrons. The Morgan fingerprint density at radius 3 is 2.19 bits per heavy atom. The van der Waals surface area contributed by atoms with Gasteiger partial charge in [-0.3, -0.25) is 4.99 Å². The molecule has 0 saturated heterocycles. The van der Waals surface area contributed by atoms with Crippen molar-refractivity contribution >= 4 is 11.4 Å². The second-order valence-corrected chi connectivity index (χ2v) is 5.27. The van der Waals surface area contributed by atoms with Crippen LogP contribution in [0.2, 0.25) is 0 Å². The first-order chi connectivity index (χ1) is 10.2. The maximum Gasteiger partial charge on any atom is 0.128 e. The van der Waals surface area contributed by atoms with Gasteiger partial charge in [0.15, 0.2) is 0 Å². The van der Waals surface area contributed by atoms with Crippen molar-refractivity contribution in [1.29, 1.82) is 0 Å². The third kappa shape index (κ3) is 5.04. The van der Waals surface area contributed by atoms with Crippen LogP contribution in [-0.2, 0) is 0 Å². The molecule has 0 unspecified atom stereocenters. The maximum atomic E-state index is 4.46. The Kier molecular flexibility index (Phi) is 7.81. The normalized spacial score (nSPS) is 16.4. The number of hydrogen-bond donors (Lipinski definition) is 1. The summed E-state index contributed by atoms with van der Waals surface area (Å²) in [4.78, 5) is 4.46. The van der Waals surface area contributed by atoms with E-state index in [0.29, 0.717) is 6.04 Å². The standard InChI is InChI=1S/C17H24N2.C2H6/c1-4-16(14-11-9-13(2)10-12-14)17(18-3)19-15-7-5-6-8-15;1-2/h4,9-12,15H,5-8H2,1-3H3,(H,18,19);1-2H3/b16-4-;. The molecule has 1 saturated carbocycles. The molecular formula is C19H30N2. The molecular weight excluding hydrogens is 256 g/mol. The van der Waals surface area contributed by atoms with E-state index in [1.54, 1.807) is 0 Å². The molecule has 0 amide bonds. The Morgan fingerprint density at radius 1 is 1.14 bits per heavy atom. The first kappa shape index (κ1) is 17.5. The number of nitrogens with one attached hydrogen (secondary N) is 1. The summed E-state index contributed by atoms with van der Waals surface area (Å²) in [6.45, 7) is 8.20. The average Bonchev–Trinajstić information content (AvgIpc) is 3.04. The number of hydrogen-bond acceptors (Lipinski definition) is 1. The van der Waals surface area contributed by atoms with Gasteiger partial charge in [0.05, 0.1) is 0 Å². The quantitative estimate of drug-likeness (QED) is 0.614. The zero-order chi connectivity index (χ0) is 15.7. The van der Waals surface area contributed by atoms with Gasteiger partial charge in [-0.05, 0) is 32.3 Å². The van der Waals surface area contributed by atoms with Crippen molar-refractivity contribution in [2.24, 2.45) is 4.99 Å². The molecule has 0 bridgehead atoms. The molecule has 116 valence electrons. The van der Waals surface area contributed by atoms with Crippen LogP contribution in [0.25, 0.3) is 5.57 Å². The molecule has 1 aliphatic carbocycles. The molecule has 2 heteroatoms. The number of amidine groups is 1. The second kappa shape index (κ2) is 9.38. The Labute approximate surface area is 130 Å². The zero-order valence-electron chi connectivity index (χ0n) is 14.2. The highest BCUT2D eigenvalue weighted by Crippen LogP contribution is 2.21. The van der Waals surface area contributed by atoms with E-state index in [1.807, 2.05) is 20.9 Å². The van der Waals surface area contributed by atoms with Crippen LogP contribution in [0.1, 0.15) is 57.6 Å². The third-order valence-corrected chi connectivity index (χ3v) is 3.83. The molecule has 1 fully saturated rings. The largest absolute Gasteiger partial charge is 0.367 e. The molecule has 21 heavy (non-hydrogen) atoms. The van der Waals surface area contributed by atoms with Crippen molar-refractivity contribution in [3.05, 3.63) is 41.5 Å². The van der Waals surface area contributed by atoms with Crippen LogP contribution >= 0.6 is 0 Å². The van der Waals surface area contributed by atoms with Crippen LogP contribution in [0.15, 0.2) is 35.3 Å². The van der Waals surface area contributed by atoms with E-state index in [4.69, 9.17) is 0 Å². The summed E-state index contributed by atoms with van der Waals surface area (Å²) < 4.78 is 0. The number of aliphatic imine (C=N–C) groups is 1. The summed E-state index contributed by atoms with van der Waals surface area (Å²) in [7, 11) is 1.87. The van der Waals surface area contributed by atoms with Gasteiger partial charge in [-0.2, -0.15) is 0 Å². The van der Waals surface area contributed by atoms with Crippen LogP contribution < -0.4 is 5.32 Å². The highest BCUT2D eigenvalue weighted by Gasteiger charge is 2.18. The van der Waals surface area contributed by atoms with Crippen molar-refractivity contribution in [2.75, 3.05) is 7.05 Å². The van der Waals surface area contributed by atoms with Crippen LogP contribution in [-0.4, -0.2) is 18.9 Å².